The van der Waals surface area contributed by atoms with Crippen molar-refractivity contribution < 1.29 is 9.90 Å². The van der Waals surface area contributed by atoms with E-state index in [1.165, 1.54) is 0 Å². The smallest absolute Gasteiger partial charge is 0.229 e. The highest BCUT2D eigenvalue weighted by Crippen LogP contribution is 2.24. The predicted molar refractivity (Wildman–Crippen MR) is 58.8 cm³/mol. The van der Waals surface area contributed by atoms with Gasteiger partial charge in [-0.25, -0.2) is 0 Å². The molecule has 1 aliphatic rings. The molecule has 1 N–H and O–H groups in total. The average molecular weight is 216 g/mol. The lowest BCUT2D eigenvalue weighted by Crippen LogP contribution is -2.41. The normalized spacial score (nSPS) is 20.6. The Morgan fingerprint density at radius 3 is 2.88 bits per heavy atom. The molecule has 1 aliphatic heterocycles. The van der Waals surface area contributed by atoms with Crippen LogP contribution >= 0.6 is 0 Å². The predicted octanol–water partition coefficient (Wildman–Crippen LogP) is 1.05. The van der Waals surface area contributed by atoms with Crippen LogP contribution in [0.15, 0.2) is 24.3 Å². The van der Waals surface area contributed by atoms with Gasteiger partial charge in [-0.05, 0) is 18.6 Å². The van der Waals surface area contributed by atoms with Crippen LogP contribution in [0.5, 0.6) is 0 Å². The summed E-state index contributed by atoms with van der Waals surface area (Å²) in [7, 11) is 0. The number of nitrogens with zero attached hydrogens (tertiary/aromatic N) is 2. The highest BCUT2D eigenvalue weighted by Gasteiger charge is 2.26. The molecule has 2 rings (SSSR count). The summed E-state index contributed by atoms with van der Waals surface area (Å²) in [6.45, 7) is 0.471. The molecular weight excluding hydrogens is 204 g/mol. The van der Waals surface area contributed by atoms with E-state index in [2.05, 4.69) is 6.07 Å². The van der Waals surface area contributed by atoms with Gasteiger partial charge in [0, 0.05) is 6.54 Å². The van der Waals surface area contributed by atoms with E-state index < -0.39 is 6.10 Å². The van der Waals surface area contributed by atoms with E-state index >= 15 is 0 Å². The Labute approximate surface area is 93.7 Å². The molecule has 0 radical (unpaired) electrons. The second-order valence-electron chi connectivity index (χ2n) is 3.82. The number of benzene rings is 1. The fourth-order valence-electron chi connectivity index (χ4n) is 1.87. The molecule has 1 saturated heterocycles. The van der Waals surface area contributed by atoms with Crippen molar-refractivity contribution >= 4 is 11.6 Å². The van der Waals surface area contributed by atoms with Crippen molar-refractivity contribution in [1.82, 2.24) is 0 Å². The first kappa shape index (κ1) is 10.7. The third kappa shape index (κ3) is 1.90. The molecule has 0 aromatic heterocycles. The van der Waals surface area contributed by atoms with Gasteiger partial charge in [-0.15, -0.1) is 0 Å². The Balaban J connectivity index is 2.31. The number of carbonyl (C=O) groups excluding carboxylic acids is 1. The average Bonchev–Trinajstić information content (AvgIpc) is 2.29. The molecule has 1 atom stereocenters. The third-order valence-electron chi connectivity index (χ3n) is 2.71. The summed E-state index contributed by atoms with van der Waals surface area (Å²) >= 11 is 0. The number of hydrogen-bond acceptors (Lipinski definition) is 3. The van der Waals surface area contributed by atoms with Crippen LogP contribution in [-0.4, -0.2) is 23.7 Å². The van der Waals surface area contributed by atoms with Crippen LogP contribution in [0.1, 0.15) is 18.4 Å². The van der Waals surface area contributed by atoms with E-state index in [1.807, 2.05) is 0 Å². The minimum Gasteiger partial charge on any atom is -0.393 e. The maximum absolute atomic E-state index is 11.7. The van der Waals surface area contributed by atoms with Crippen LogP contribution in [0.25, 0.3) is 0 Å². The summed E-state index contributed by atoms with van der Waals surface area (Å²) in [5.41, 5.74) is 1.13. The van der Waals surface area contributed by atoms with E-state index in [4.69, 9.17) is 5.26 Å². The van der Waals surface area contributed by atoms with Gasteiger partial charge in [-0.3, -0.25) is 4.79 Å². The fraction of sp³-hybridized carbons (Fsp3) is 0.333. The van der Waals surface area contributed by atoms with Crippen molar-refractivity contribution in [2.24, 2.45) is 0 Å². The minimum atomic E-state index is -0.544. The van der Waals surface area contributed by atoms with Crippen LogP contribution in [0.3, 0.4) is 0 Å². The zero-order valence-corrected chi connectivity index (χ0v) is 8.76. The molecule has 1 aromatic carbocycles. The minimum absolute atomic E-state index is 0.124. The van der Waals surface area contributed by atoms with Gasteiger partial charge in [-0.2, -0.15) is 5.26 Å². The highest BCUT2D eigenvalue weighted by molar-refractivity contribution is 5.95. The number of aliphatic hydroxyl groups is 1. The SMILES string of the molecule is N#Cc1ccccc1N1CCC(O)CC1=O. The van der Waals surface area contributed by atoms with Gasteiger partial charge >= 0.3 is 0 Å². The fourth-order valence-corrected chi connectivity index (χ4v) is 1.87. The molecule has 0 bridgehead atoms. The van der Waals surface area contributed by atoms with Crippen molar-refractivity contribution in [3.8, 4) is 6.07 Å². The second-order valence-corrected chi connectivity index (χ2v) is 3.82. The van der Waals surface area contributed by atoms with Crippen LogP contribution in [0.4, 0.5) is 5.69 Å². The largest absolute Gasteiger partial charge is 0.393 e. The molecule has 1 amide bonds. The molecule has 1 fully saturated rings. The van der Waals surface area contributed by atoms with Crippen molar-refractivity contribution in [3.63, 3.8) is 0 Å². The number of carbonyl (C=O) groups is 1. The maximum Gasteiger partial charge on any atom is 0.229 e. The summed E-state index contributed by atoms with van der Waals surface area (Å²) < 4.78 is 0. The number of piperidine rings is 1. The standard InChI is InChI=1S/C12H12N2O2/c13-8-9-3-1-2-4-11(9)14-6-5-10(15)7-12(14)16/h1-4,10,15H,5-7H2. The highest BCUT2D eigenvalue weighted by atomic mass is 16.3. The number of hydrogen-bond donors (Lipinski definition) is 1. The van der Waals surface area contributed by atoms with E-state index in [0.29, 0.717) is 24.2 Å². The Hall–Kier alpha value is -1.86. The quantitative estimate of drug-likeness (QED) is 0.763. The van der Waals surface area contributed by atoms with Gasteiger partial charge in [0.25, 0.3) is 0 Å². The Morgan fingerprint density at radius 2 is 2.19 bits per heavy atom. The molecule has 0 aliphatic carbocycles. The van der Waals surface area contributed by atoms with E-state index in [1.54, 1.807) is 29.2 Å². The molecule has 4 nitrogen and oxygen atoms in total. The van der Waals surface area contributed by atoms with Crippen molar-refractivity contribution in [1.29, 1.82) is 5.26 Å². The van der Waals surface area contributed by atoms with Crippen molar-refractivity contribution in [2.45, 2.75) is 18.9 Å². The lowest BCUT2D eigenvalue weighted by molar-refractivity contribution is -0.122. The van der Waals surface area contributed by atoms with E-state index in [0.717, 1.165) is 0 Å². The molecule has 1 unspecified atom stereocenters. The summed E-state index contributed by atoms with van der Waals surface area (Å²) in [4.78, 5) is 13.3. The second kappa shape index (κ2) is 4.33. The van der Waals surface area contributed by atoms with Gasteiger partial charge in [0.05, 0.1) is 23.8 Å². The lowest BCUT2D eigenvalue weighted by atomic mass is 10.0. The van der Waals surface area contributed by atoms with Gasteiger partial charge in [0.2, 0.25) is 5.91 Å². The lowest BCUT2D eigenvalue weighted by Gasteiger charge is -2.29. The van der Waals surface area contributed by atoms with Crippen LogP contribution in [0.2, 0.25) is 0 Å². The topological polar surface area (TPSA) is 64.3 Å². The summed E-state index contributed by atoms with van der Waals surface area (Å²) in [6.07, 6.45) is 0.156. The first-order chi connectivity index (χ1) is 7.72. The molecular formula is C12H12N2O2. The Kier molecular flexibility index (Phi) is 2.88. The van der Waals surface area contributed by atoms with Crippen molar-refractivity contribution in [3.05, 3.63) is 29.8 Å². The zero-order valence-electron chi connectivity index (χ0n) is 8.76. The van der Waals surface area contributed by atoms with Gasteiger partial charge < -0.3 is 10.0 Å². The molecule has 1 aromatic rings. The van der Waals surface area contributed by atoms with Gasteiger partial charge in [-0.1, -0.05) is 12.1 Å². The van der Waals surface area contributed by atoms with E-state index in [9.17, 15) is 9.90 Å². The van der Waals surface area contributed by atoms with E-state index in [-0.39, 0.29) is 12.3 Å². The maximum atomic E-state index is 11.7. The zero-order chi connectivity index (χ0) is 11.5. The number of aliphatic hydroxyl groups excluding tert-OH is 1. The van der Waals surface area contributed by atoms with Crippen molar-refractivity contribution in [2.75, 3.05) is 11.4 Å². The number of nitriles is 1. The molecule has 16 heavy (non-hydrogen) atoms. The summed E-state index contributed by atoms with van der Waals surface area (Å²) in [5.74, 6) is -0.124. The summed E-state index contributed by atoms with van der Waals surface area (Å²) in [6, 6.07) is 9.08. The molecule has 82 valence electrons. The summed E-state index contributed by atoms with van der Waals surface area (Å²) in [5, 5.41) is 18.3. The Bertz CT molecular complexity index is 451. The molecule has 1 heterocycles. The van der Waals surface area contributed by atoms with Gasteiger partial charge in [0.1, 0.15) is 6.07 Å². The molecule has 0 spiro atoms. The van der Waals surface area contributed by atoms with Crippen LogP contribution in [-0.2, 0) is 4.79 Å². The first-order valence-corrected chi connectivity index (χ1v) is 5.20. The number of anilines is 1. The molecule has 4 heteroatoms. The molecule has 0 saturated carbocycles. The van der Waals surface area contributed by atoms with Crippen LogP contribution in [0, 0.1) is 11.3 Å². The first-order valence-electron chi connectivity index (χ1n) is 5.20. The van der Waals surface area contributed by atoms with Gasteiger partial charge in [0.15, 0.2) is 0 Å². The Morgan fingerprint density at radius 1 is 1.44 bits per heavy atom. The van der Waals surface area contributed by atoms with Crippen LogP contribution < -0.4 is 4.90 Å². The third-order valence-corrected chi connectivity index (χ3v) is 2.71. The number of amides is 1. The monoisotopic (exact) mass is 216 g/mol. The number of para-hydroxylation sites is 1. The number of rotatable bonds is 1.